The molecule has 0 aromatic heterocycles. The van der Waals surface area contributed by atoms with Gasteiger partial charge in [0.15, 0.2) is 0 Å². The topological polar surface area (TPSA) is 64.4 Å². The van der Waals surface area contributed by atoms with Crippen LogP contribution in [0.2, 0.25) is 0 Å². The summed E-state index contributed by atoms with van der Waals surface area (Å²) in [4.78, 5) is 12.1. The van der Waals surface area contributed by atoms with Crippen LogP contribution in [-0.2, 0) is 4.79 Å². The highest BCUT2D eigenvalue weighted by atomic mass is 16.5. The van der Waals surface area contributed by atoms with Gasteiger partial charge in [-0.05, 0) is 44.4 Å². The van der Waals surface area contributed by atoms with Gasteiger partial charge >= 0.3 is 0 Å². The van der Waals surface area contributed by atoms with E-state index in [4.69, 9.17) is 10.5 Å². The monoisotopic (exact) mass is 292 g/mol. The van der Waals surface area contributed by atoms with Gasteiger partial charge in [0.1, 0.15) is 5.75 Å². The lowest BCUT2D eigenvalue weighted by molar-refractivity contribution is -0.116. The van der Waals surface area contributed by atoms with Crippen LogP contribution < -0.4 is 15.8 Å². The summed E-state index contributed by atoms with van der Waals surface area (Å²) in [5.74, 6) is 1.31. The Morgan fingerprint density at radius 3 is 2.67 bits per heavy atom. The Bertz CT molecular complexity index is 415. The zero-order chi connectivity index (χ0) is 15.5. The molecule has 21 heavy (non-hydrogen) atoms. The highest BCUT2D eigenvalue weighted by Gasteiger charge is 2.11. The first-order valence-electron chi connectivity index (χ1n) is 7.93. The van der Waals surface area contributed by atoms with Crippen LogP contribution in [0.25, 0.3) is 0 Å². The standard InChI is InChI=1S/C17H28N2O2/c1-3-7-14(12-13-18)10-11-17(20)19-15-8-5-6-9-16(15)21-4-2/h5-6,8-9,14H,3-4,7,10-13,18H2,1-2H3,(H,19,20). The molecule has 3 N–H and O–H groups in total. The highest BCUT2D eigenvalue weighted by molar-refractivity contribution is 5.92. The minimum atomic E-state index is 0.0419. The first kappa shape index (κ1) is 17.5. The third-order valence-electron chi connectivity index (χ3n) is 3.51. The minimum Gasteiger partial charge on any atom is -0.492 e. The number of benzene rings is 1. The van der Waals surface area contributed by atoms with Crippen molar-refractivity contribution < 1.29 is 9.53 Å². The molecular weight excluding hydrogens is 264 g/mol. The van der Waals surface area contributed by atoms with Gasteiger partial charge in [0.25, 0.3) is 0 Å². The fraction of sp³-hybridized carbons (Fsp3) is 0.588. The molecule has 0 aliphatic carbocycles. The molecule has 0 fully saturated rings. The van der Waals surface area contributed by atoms with E-state index in [-0.39, 0.29) is 5.91 Å². The van der Waals surface area contributed by atoms with Gasteiger partial charge in [-0.3, -0.25) is 4.79 Å². The SMILES string of the molecule is CCCC(CCN)CCC(=O)Nc1ccccc1OCC. The van der Waals surface area contributed by atoms with E-state index in [0.29, 0.717) is 25.5 Å². The van der Waals surface area contributed by atoms with Crippen molar-refractivity contribution in [2.45, 2.75) is 46.0 Å². The maximum Gasteiger partial charge on any atom is 0.224 e. The summed E-state index contributed by atoms with van der Waals surface area (Å²) in [5.41, 5.74) is 6.37. The fourth-order valence-corrected chi connectivity index (χ4v) is 2.48. The molecule has 1 unspecified atom stereocenters. The largest absolute Gasteiger partial charge is 0.492 e. The van der Waals surface area contributed by atoms with Crippen LogP contribution in [0.15, 0.2) is 24.3 Å². The molecule has 0 radical (unpaired) electrons. The number of nitrogens with one attached hydrogen (secondary N) is 1. The molecule has 1 aromatic rings. The van der Waals surface area contributed by atoms with Crippen molar-refractivity contribution in [1.82, 2.24) is 0 Å². The van der Waals surface area contributed by atoms with E-state index < -0.39 is 0 Å². The van der Waals surface area contributed by atoms with Gasteiger partial charge in [0, 0.05) is 6.42 Å². The molecule has 0 heterocycles. The van der Waals surface area contributed by atoms with Crippen molar-refractivity contribution in [3.63, 3.8) is 0 Å². The molecule has 0 saturated heterocycles. The zero-order valence-corrected chi connectivity index (χ0v) is 13.2. The Balaban J connectivity index is 2.49. The van der Waals surface area contributed by atoms with Crippen molar-refractivity contribution in [3.05, 3.63) is 24.3 Å². The summed E-state index contributed by atoms with van der Waals surface area (Å²) in [6.45, 7) is 5.38. The predicted molar refractivity (Wildman–Crippen MR) is 87.5 cm³/mol. The molecule has 1 amide bonds. The number of nitrogens with two attached hydrogens (primary N) is 1. The average molecular weight is 292 g/mol. The number of hydrogen-bond donors (Lipinski definition) is 2. The molecule has 4 heteroatoms. The predicted octanol–water partition coefficient (Wildman–Crippen LogP) is 3.57. The Morgan fingerprint density at radius 1 is 1.24 bits per heavy atom. The van der Waals surface area contributed by atoms with Crippen LogP contribution in [-0.4, -0.2) is 19.1 Å². The molecule has 118 valence electrons. The number of carbonyl (C=O) groups excluding carboxylic acids is 1. The molecule has 4 nitrogen and oxygen atoms in total. The van der Waals surface area contributed by atoms with Crippen molar-refractivity contribution >= 4 is 11.6 Å². The van der Waals surface area contributed by atoms with Crippen LogP contribution >= 0.6 is 0 Å². The van der Waals surface area contributed by atoms with Gasteiger partial charge in [-0.2, -0.15) is 0 Å². The second-order valence-corrected chi connectivity index (χ2v) is 5.25. The summed E-state index contributed by atoms with van der Waals surface area (Å²) < 4.78 is 5.51. The number of ether oxygens (including phenoxy) is 1. The van der Waals surface area contributed by atoms with Crippen molar-refractivity contribution in [2.24, 2.45) is 11.7 Å². The summed E-state index contributed by atoms with van der Waals surface area (Å²) in [6, 6.07) is 7.53. The maximum atomic E-state index is 12.1. The molecule has 0 aliphatic rings. The number of hydrogen-bond acceptors (Lipinski definition) is 3. The lowest BCUT2D eigenvalue weighted by atomic mass is 9.94. The van der Waals surface area contributed by atoms with Crippen molar-refractivity contribution in [1.29, 1.82) is 0 Å². The smallest absolute Gasteiger partial charge is 0.224 e. The maximum absolute atomic E-state index is 12.1. The van der Waals surface area contributed by atoms with E-state index in [1.165, 1.54) is 0 Å². The minimum absolute atomic E-state index is 0.0419. The summed E-state index contributed by atoms with van der Waals surface area (Å²) >= 11 is 0. The lowest BCUT2D eigenvalue weighted by Crippen LogP contribution is -2.16. The molecule has 0 bridgehead atoms. The van der Waals surface area contributed by atoms with E-state index in [9.17, 15) is 4.79 Å². The molecule has 0 aliphatic heterocycles. The van der Waals surface area contributed by atoms with Crippen LogP contribution in [0, 0.1) is 5.92 Å². The number of para-hydroxylation sites is 2. The van der Waals surface area contributed by atoms with Crippen LogP contribution in [0.4, 0.5) is 5.69 Å². The molecule has 1 atom stereocenters. The van der Waals surface area contributed by atoms with Gasteiger partial charge in [0.05, 0.1) is 12.3 Å². The second-order valence-electron chi connectivity index (χ2n) is 5.25. The van der Waals surface area contributed by atoms with Gasteiger partial charge < -0.3 is 15.8 Å². The molecule has 0 spiro atoms. The summed E-state index contributed by atoms with van der Waals surface area (Å²) in [5, 5.41) is 2.94. The van der Waals surface area contributed by atoms with Gasteiger partial charge in [-0.1, -0.05) is 31.9 Å². The summed E-state index contributed by atoms with van der Waals surface area (Å²) in [7, 11) is 0. The fourth-order valence-electron chi connectivity index (χ4n) is 2.48. The quantitative estimate of drug-likeness (QED) is 0.693. The van der Waals surface area contributed by atoms with E-state index in [1.54, 1.807) is 0 Å². The van der Waals surface area contributed by atoms with Gasteiger partial charge in [-0.15, -0.1) is 0 Å². The normalized spacial score (nSPS) is 12.0. The lowest BCUT2D eigenvalue weighted by Gasteiger charge is -2.15. The number of rotatable bonds is 10. The zero-order valence-electron chi connectivity index (χ0n) is 13.2. The van der Waals surface area contributed by atoms with E-state index in [0.717, 1.165) is 37.1 Å². The van der Waals surface area contributed by atoms with Crippen molar-refractivity contribution in [2.75, 3.05) is 18.5 Å². The van der Waals surface area contributed by atoms with Crippen LogP contribution in [0.3, 0.4) is 0 Å². The van der Waals surface area contributed by atoms with Crippen LogP contribution in [0.5, 0.6) is 5.75 Å². The first-order chi connectivity index (χ1) is 10.2. The second kappa shape index (κ2) is 10.2. The van der Waals surface area contributed by atoms with Gasteiger partial charge in [-0.25, -0.2) is 0 Å². The average Bonchev–Trinajstić information content (AvgIpc) is 2.47. The first-order valence-corrected chi connectivity index (χ1v) is 7.93. The third kappa shape index (κ3) is 6.63. The summed E-state index contributed by atoms with van der Waals surface area (Å²) in [6.07, 6.45) is 4.70. The van der Waals surface area contributed by atoms with E-state index in [1.807, 2.05) is 31.2 Å². The highest BCUT2D eigenvalue weighted by Crippen LogP contribution is 2.24. The molecular formula is C17H28N2O2. The Hall–Kier alpha value is -1.55. The Morgan fingerprint density at radius 2 is 2.00 bits per heavy atom. The van der Waals surface area contributed by atoms with Crippen molar-refractivity contribution in [3.8, 4) is 5.75 Å². The number of anilines is 1. The Labute approximate surface area is 128 Å². The number of carbonyl (C=O) groups is 1. The molecule has 1 rings (SSSR count). The van der Waals surface area contributed by atoms with E-state index in [2.05, 4.69) is 12.2 Å². The molecule has 0 saturated carbocycles. The molecule has 1 aromatic carbocycles. The van der Waals surface area contributed by atoms with E-state index >= 15 is 0 Å². The third-order valence-corrected chi connectivity index (χ3v) is 3.51. The van der Waals surface area contributed by atoms with Crippen LogP contribution in [0.1, 0.15) is 46.0 Å². The number of amides is 1. The Kier molecular flexibility index (Phi) is 8.51. The van der Waals surface area contributed by atoms with Gasteiger partial charge in [0.2, 0.25) is 5.91 Å².